The number of amidine groups is 2. The predicted molar refractivity (Wildman–Crippen MR) is 124 cm³/mol. The molecule has 0 aliphatic heterocycles. The van der Waals surface area contributed by atoms with Crippen LogP contribution in [0.5, 0.6) is 0 Å². The maximum absolute atomic E-state index is 7.53. The van der Waals surface area contributed by atoms with Gasteiger partial charge in [-0.1, -0.05) is 24.3 Å². The van der Waals surface area contributed by atoms with Gasteiger partial charge in [0, 0.05) is 33.1 Å². The second-order valence-electron chi connectivity index (χ2n) is 6.86. The maximum atomic E-state index is 7.53. The minimum absolute atomic E-state index is 0.0409. The molecule has 0 spiro atoms. The monoisotopic (exact) mass is 395 g/mol. The van der Waals surface area contributed by atoms with E-state index in [4.69, 9.17) is 26.7 Å². The average Bonchev–Trinajstić information content (AvgIpc) is 3.32. The van der Waals surface area contributed by atoms with Crippen LogP contribution >= 0.6 is 0 Å². The first-order valence-electron chi connectivity index (χ1n) is 9.36. The molecule has 0 aliphatic carbocycles. The molecule has 0 fully saturated rings. The molecule has 6 heteroatoms. The number of H-pyrrole nitrogens is 1. The summed E-state index contributed by atoms with van der Waals surface area (Å²) in [4.78, 5) is 3.32. The number of allylic oxidation sites excluding steroid dienone is 4. The largest absolute Gasteiger partial charge is 0.457 e. The summed E-state index contributed by atoms with van der Waals surface area (Å²) >= 11 is 0. The number of fused-ring (bicyclic) bond motifs is 2. The van der Waals surface area contributed by atoms with Crippen LogP contribution in [0.25, 0.3) is 34.0 Å². The first-order valence-corrected chi connectivity index (χ1v) is 9.36. The van der Waals surface area contributed by atoms with Gasteiger partial charge in [-0.2, -0.15) is 0 Å². The minimum Gasteiger partial charge on any atom is -0.457 e. The first kappa shape index (κ1) is 19.0. The van der Waals surface area contributed by atoms with Gasteiger partial charge in [0.1, 0.15) is 23.0 Å². The molecule has 7 N–H and O–H groups in total. The molecular weight excluding hydrogens is 374 g/mol. The fourth-order valence-electron chi connectivity index (χ4n) is 3.16. The van der Waals surface area contributed by atoms with Gasteiger partial charge >= 0.3 is 0 Å². The van der Waals surface area contributed by atoms with Gasteiger partial charge in [-0.3, -0.25) is 10.8 Å². The smallest absolute Gasteiger partial charge is 0.134 e. The molecule has 0 radical (unpaired) electrons. The van der Waals surface area contributed by atoms with Crippen LogP contribution in [0.3, 0.4) is 0 Å². The highest BCUT2D eigenvalue weighted by molar-refractivity contribution is 5.99. The van der Waals surface area contributed by atoms with Crippen molar-refractivity contribution < 1.29 is 4.42 Å². The van der Waals surface area contributed by atoms with E-state index < -0.39 is 0 Å². The molecule has 2 aromatic heterocycles. The van der Waals surface area contributed by atoms with Crippen LogP contribution in [0.4, 0.5) is 0 Å². The molecule has 2 aromatic carbocycles. The van der Waals surface area contributed by atoms with Crippen LogP contribution in [0, 0.1) is 10.8 Å². The lowest BCUT2D eigenvalue weighted by atomic mass is 10.1. The molecule has 0 atom stereocenters. The summed E-state index contributed by atoms with van der Waals surface area (Å²) in [7, 11) is 0. The molecule has 4 aromatic rings. The van der Waals surface area contributed by atoms with E-state index in [2.05, 4.69) is 4.98 Å². The molecular formula is C24H21N5O. The average molecular weight is 395 g/mol. The fraction of sp³-hybridized carbons (Fsp3) is 0. The Labute approximate surface area is 173 Å². The third-order valence-corrected chi connectivity index (χ3v) is 4.67. The van der Waals surface area contributed by atoms with E-state index in [9.17, 15) is 0 Å². The van der Waals surface area contributed by atoms with Crippen LogP contribution in [-0.4, -0.2) is 16.7 Å². The van der Waals surface area contributed by atoms with E-state index in [1.54, 1.807) is 6.07 Å². The molecule has 0 aliphatic rings. The number of aromatic nitrogens is 1. The molecule has 0 saturated carbocycles. The van der Waals surface area contributed by atoms with Crippen molar-refractivity contribution in [3.63, 3.8) is 0 Å². The first-order chi connectivity index (χ1) is 14.5. The van der Waals surface area contributed by atoms with Crippen molar-refractivity contribution in [3.05, 3.63) is 95.4 Å². The van der Waals surface area contributed by atoms with Crippen LogP contribution < -0.4 is 11.5 Å². The van der Waals surface area contributed by atoms with Gasteiger partial charge in [-0.05, 0) is 60.7 Å². The summed E-state index contributed by atoms with van der Waals surface area (Å²) in [6.45, 7) is 0. The van der Waals surface area contributed by atoms with E-state index in [1.165, 1.54) is 0 Å². The Hall–Kier alpha value is -4.32. The number of nitrogen functional groups attached to an aromatic ring is 2. The zero-order chi connectivity index (χ0) is 21.1. The minimum atomic E-state index is 0.0409. The molecule has 4 rings (SSSR count). The molecule has 148 valence electrons. The van der Waals surface area contributed by atoms with E-state index >= 15 is 0 Å². The summed E-state index contributed by atoms with van der Waals surface area (Å²) in [6, 6.07) is 15.0. The van der Waals surface area contributed by atoms with Crippen LogP contribution in [0.1, 0.15) is 22.6 Å². The Morgan fingerprint density at radius 1 is 0.767 bits per heavy atom. The number of rotatable bonds is 6. The van der Waals surface area contributed by atoms with Crippen molar-refractivity contribution in [2.45, 2.75) is 0 Å². The van der Waals surface area contributed by atoms with Gasteiger partial charge < -0.3 is 20.9 Å². The number of hydrogen-bond acceptors (Lipinski definition) is 3. The molecule has 2 heterocycles. The number of nitrogens with two attached hydrogens (primary N) is 2. The highest BCUT2D eigenvalue weighted by Gasteiger charge is 2.04. The standard InChI is InChI=1S/C24H21N5O/c25-23(26)15-7-9-21-17(11-15)13-19(29-21)5-3-1-2-4-6-20-14-18-12-16(24(27)28)8-10-22(18)30-20/h1-14,29H,(H3,25,26)(H3,27,28)/b2-1+,5-3+,6-4+. The van der Waals surface area contributed by atoms with Gasteiger partial charge in [-0.15, -0.1) is 0 Å². The number of hydrogen-bond donors (Lipinski definition) is 5. The third-order valence-electron chi connectivity index (χ3n) is 4.67. The molecule has 0 amide bonds. The third kappa shape index (κ3) is 4.07. The van der Waals surface area contributed by atoms with Crippen molar-refractivity contribution in [3.8, 4) is 0 Å². The molecule has 0 unspecified atom stereocenters. The predicted octanol–water partition coefficient (Wildman–Crippen LogP) is 4.77. The van der Waals surface area contributed by atoms with Crippen molar-refractivity contribution in [2.24, 2.45) is 11.5 Å². The second-order valence-corrected chi connectivity index (χ2v) is 6.86. The Bertz CT molecular complexity index is 1250. The van der Waals surface area contributed by atoms with E-state index in [1.807, 2.05) is 78.9 Å². The van der Waals surface area contributed by atoms with E-state index in [0.29, 0.717) is 11.1 Å². The quantitative estimate of drug-likeness (QED) is 0.183. The SMILES string of the molecule is N=C(N)c1ccc2[nH]c(/C=C/C=C/C=C/c3cc4cc(C(=N)N)ccc4o3)cc2c1. The Morgan fingerprint density at radius 2 is 1.43 bits per heavy atom. The lowest BCUT2D eigenvalue weighted by Gasteiger charge is -1.96. The zero-order valence-corrected chi connectivity index (χ0v) is 16.1. The van der Waals surface area contributed by atoms with Gasteiger partial charge in [-0.25, -0.2) is 0 Å². The van der Waals surface area contributed by atoms with E-state index in [-0.39, 0.29) is 11.7 Å². The maximum Gasteiger partial charge on any atom is 0.134 e. The number of furan rings is 1. The lowest BCUT2D eigenvalue weighted by Crippen LogP contribution is -2.10. The zero-order valence-electron chi connectivity index (χ0n) is 16.1. The Morgan fingerprint density at radius 3 is 2.17 bits per heavy atom. The van der Waals surface area contributed by atoms with Crippen LogP contribution in [0.2, 0.25) is 0 Å². The number of benzene rings is 2. The molecule has 6 nitrogen and oxygen atoms in total. The number of nitrogens with one attached hydrogen (secondary N) is 3. The fourth-order valence-corrected chi connectivity index (χ4v) is 3.16. The highest BCUT2D eigenvalue weighted by Crippen LogP contribution is 2.22. The van der Waals surface area contributed by atoms with E-state index in [0.717, 1.165) is 33.3 Å². The summed E-state index contributed by atoms with van der Waals surface area (Å²) < 4.78 is 5.76. The normalized spacial score (nSPS) is 12.1. The topological polar surface area (TPSA) is 129 Å². The van der Waals surface area contributed by atoms with Crippen LogP contribution in [-0.2, 0) is 0 Å². The van der Waals surface area contributed by atoms with Crippen molar-refractivity contribution >= 4 is 45.7 Å². The Balaban J connectivity index is 1.42. The Kier molecular flexibility index (Phi) is 5.05. The summed E-state index contributed by atoms with van der Waals surface area (Å²) in [5, 5.41) is 17.0. The molecule has 0 bridgehead atoms. The van der Waals surface area contributed by atoms with Gasteiger partial charge in [0.25, 0.3) is 0 Å². The van der Waals surface area contributed by atoms with Gasteiger partial charge in [0.05, 0.1) is 0 Å². The summed E-state index contributed by atoms with van der Waals surface area (Å²) in [6.07, 6.45) is 11.5. The number of aromatic amines is 1. The highest BCUT2D eigenvalue weighted by atomic mass is 16.3. The molecule has 0 saturated heterocycles. The van der Waals surface area contributed by atoms with Gasteiger partial charge in [0.15, 0.2) is 0 Å². The van der Waals surface area contributed by atoms with Crippen molar-refractivity contribution in [2.75, 3.05) is 0 Å². The summed E-state index contributed by atoms with van der Waals surface area (Å²) in [5.74, 6) is 0.837. The van der Waals surface area contributed by atoms with Crippen molar-refractivity contribution in [1.29, 1.82) is 10.8 Å². The van der Waals surface area contributed by atoms with Crippen LogP contribution in [0.15, 0.2) is 77.3 Å². The van der Waals surface area contributed by atoms with Crippen molar-refractivity contribution in [1.82, 2.24) is 4.98 Å². The lowest BCUT2D eigenvalue weighted by molar-refractivity contribution is 0.604. The van der Waals surface area contributed by atoms with Gasteiger partial charge in [0.2, 0.25) is 0 Å². The molecule has 30 heavy (non-hydrogen) atoms. The second kappa shape index (κ2) is 7.97. The summed E-state index contributed by atoms with van der Waals surface area (Å²) in [5.41, 5.74) is 15.2.